The minimum absolute atomic E-state index is 0.271. The molecule has 7 heteroatoms. The van der Waals surface area contributed by atoms with Crippen molar-refractivity contribution in [3.8, 4) is 11.5 Å². The number of aromatic carboxylic acids is 1. The van der Waals surface area contributed by atoms with E-state index < -0.39 is 5.97 Å². The van der Waals surface area contributed by atoms with E-state index in [1.165, 1.54) is 0 Å². The Hall–Kier alpha value is -3.09. The van der Waals surface area contributed by atoms with Crippen molar-refractivity contribution in [2.24, 2.45) is 0 Å². The Morgan fingerprint density at radius 1 is 1.10 bits per heavy atom. The molecular formula is C22H21ClN2O4. The van der Waals surface area contributed by atoms with Gasteiger partial charge in [0.15, 0.2) is 11.5 Å². The van der Waals surface area contributed by atoms with Gasteiger partial charge in [-0.3, -0.25) is 4.98 Å². The maximum Gasteiger partial charge on any atom is 0.335 e. The third-order valence-corrected chi connectivity index (χ3v) is 4.54. The zero-order valence-electron chi connectivity index (χ0n) is 15.9. The molecule has 0 aliphatic rings. The zero-order valence-corrected chi connectivity index (χ0v) is 16.6. The van der Waals surface area contributed by atoms with Crippen molar-refractivity contribution in [3.63, 3.8) is 0 Å². The van der Waals surface area contributed by atoms with Gasteiger partial charge in [-0.25, -0.2) is 4.79 Å². The SMILES string of the molecule is COc1cc(CNCc2ccc(C(=O)O)cc2)cc(Cl)c1OCc1cccnc1. The predicted molar refractivity (Wildman–Crippen MR) is 111 cm³/mol. The maximum atomic E-state index is 10.9. The van der Waals surface area contributed by atoms with Crippen LogP contribution in [0.5, 0.6) is 11.5 Å². The van der Waals surface area contributed by atoms with Gasteiger partial charge < -0.3 is 19.9 Å². The van der Waals surface area contributed by atoms with Crippen LogP contribution in [0, 0.1) is 0 Å². The van der Waals surface area contributed by atoms with Gasteiger partial charge in [-0.2, -0.15) is 0 Å². The molecule has 2 N–H and O–H groups in total. The van der Waals surface area contributed by atoms with Gasteiger partial charge >= 0.3 is 5.97 Å². The number of ether oxygens (including phenoxy) is 2. The molecule has 2 aromatic carbocycles. The fourth-order valence-corrected chi connectivity index (χ4v) is 3.06. The van der Waals surface area contributed by atoms with Crippen LogP contribution >= 0.6 is 11.6 Å². The van der Waals surface area contributed by atoms with E-state index in [1.807, 2.05) is 24.3 Å². The largest absolute Gasteiger partial charge is 0.493 e. The van der Waals surface area contributed by atoms with Crippen LogP contribution in [0.1, 0.15) is 27.0 Å². The maximum absolute atomic E-state index is 10.9. The third kappa shape index (κ3) is 5.70. The first-order chi connectivity index (χ1) is 14.1. The van der Waals surface area contributed by atoms with E-state index in [4.69, 9.17) is 26.2 Å². The van der Waals surface area contributed by atoms with Crippen molar-refractivity contribution < 1.29 is 19.4 Å². The molecule has 0 atom stereocenters. The molecule has 0 radical (unpaired) electrons. The molecule has 0 bridgehead atoms. The molecule has 0 unspecified atom stereocenters. The lowest BCUT2D eigenvalue weighted by Crippen LogP contribution is -2.13. The fraction of sp³-hybridized carbons (Fsp3) is 0.182. The number of hydrogen-bond acceptors (Lipinski definition) is 5. The summed E-state index contributed by atoms with van der Waals surface area (Å²) in [6.45, 7) is 1.51. The number of rotatable bonds is 9. The van der Waals surface area contributed by atoms with Crippen LogP contribution in [-0.4, -0.2) is 23.2 Å². The molecule has 29 heavy (non-hydrogen) atoms. The van der Waals surface area contributed by atoms with Crippen molar-refractivity contribution >= 4 is 17.6 Å². The lowest BCUT2D eigenvalue weighted by atomic mass is 10.1. The number of carboxylic acid groups (broad SMARTS) is 1. The van der Waals surface area contributed by atoms with E-state index >= 15 is 0 Å². The molecular weight excluding hydrogens is 392 g/mol. The molecule has 0 fully saturated rings. The monoisotopic (exact) mass is 412 g/mol. The second kappa shape index (κ2) is 9.91. The quantitative estimate of drug-likeness (QED) is 0.545. The second-order valence-corrected chi connectivity index (χ2v) is 6.77. The van der Waals surface area contributed by atoms with Crippen LogP contribution < -0.4 is 14.8 Å². The normalized spacial score (nSPS) is 10.6. The Morgan fingerprint density at radius 3 is 2.52 bits per heavy atom. The summed E-state index contributed by atoms with van der Waals surface area (Å²) < 4.78 is 11.3. The highest BCUT2D eigenvalue weighted by Gasteiger charge is 2.12. The number of nitrogens with zero attached hydrogens (tertiary/aromatic N) is 1. The van der Waals surface area contributed by atoms with Gasteiger partial charge in [-0.1, -0.05) is 29.8 Å². The fourth-order valence-electron chi connectivity index (χ4n) is 2.77. The van der Waals surface area contributed by atoms with Gasteiger partial charge in [0.25, 0.3) is 0 Å². The number of aromatic nitrogens is 1. The van der Waals surface area contributed by atoms with Crippen LogP contribution in [0.15, 0.2) is 60.9 Å². The lowest BCUT2D eigenvalue weighted by molar-refractivity contribution is 0.0697. The van der Waals surface area contributed by atoms with Gasteiger partial charge in [0.1, 0.15) is 6.61 Å². The minimum Gasteiger partial charge on any atom is -0.493 e. The average molecular weight is 413 g/mol. The Bertz CT molecular complexity index is 963. The number of benzene rings is 2. The van der Waals surface area contributed by atoms with Gasteiger partial charge in [-0.05, 0) is 41.5 Å². The number of hydrogen-bond donors (Lipinski definition) is 2. The van der Waals surface area contributed by atoms with Crippen LogP contribution in [0.3, 0.4) is 0 Å². The highest BCUT2D eigenvalue weighted by Crippen LogP contribution is 2.37. The molecule has 0 aliphatic carbocycles. The number of carbonyl (C=O) groups is 1. The Morgan fingerprint density at radius 2 is 1.86 bits per heavy atom. The molecule has 0 saturated heterocycles. The predicted octanol–water partition coefficient (Wildman–Crippen LogP) is 4.31. The molecule has 3 aromatic rings. The Kier molecular flexibility index (Phi) is 7.05. The summed E-state index contributed by atoms with van der Waals surface area (Å²) in [6.07, 6.45) is 3.45. The smallest absolute Gasteiger partial charge is 0.335 e. The van der Waals surface area contributed by atoms with Crippen LogP contribution in [0.25, 0.3) is 0 Å². The number of carboxylic acids is 1. The van der Waals surface area contributed by atoms with E-state index in [-0.39, 0.29) is 5.56 Å². The molecule has 3 rings (SSSR count). The summed E-state index contributed by atoms with van der Waals surface area (Å²) in [5.41, 5.74) is 3.14. The van der Waals surface area contributed by atoms with Gasteiger partial charge in [0, 0.05) is 31.0 Å². The second-order valence-electron chi connectivity index (χ2n) is 6.36. The molecule has 1 heterocycles. The molecule has 0 aliphatic heterocycles. The molecule has 0 saturated carbocycles. The minimum atomic E-state index is -0.933. The number of pyridine rings is 1. The van der Waals surface area contributed by atoms with Crippen molar-refractivity contribution in [1.82, 2.24) is 10.3 Å². The molecule has 1 aromatic heterocycles. The van der Waals surface area contributed by atoms with Crippen molar-refractivity contribution in [2.75, 3.05) is 7.11 Å². The van der Waals surface area contributed by atoms with E-state index in [2.05, 4.69) is 10.3 Å². The van der Waals surface area contributed by atoms with Gasteiger partial charge in [0.2, 0.25) is 0 Å². The van der Waals surface area contributed by atoms with Gasteiger partial charge in [-0.15, -0.1) is 0 Å². The zero-order chi connectivity index (χ0) is 20.6. The van der Waals surface area contributed by atoms with Crippen LogP contribution in [0.2, 0.25) is 5.02 Å². The summed E-state index contributed by atoms with van der Waals surface area (Å²) in [7, 11) is 1.57. The summed E-state index contributed by atoms with van der Waals surface area (Å²) in [5.74, 6) is 0.118. The highest BCUT2D eigenvalue weighted by molar-refractivity contribution is 6.32. The van der Waals surface area contributed by atoms with E-state index in [1.54, 1.807) is 43.8 Å². The van der Waals surface area contributed by atoms with E-state index in [9.17, 15) is 4.79 Å². The Balaban J connectivity index is 1.61. The summed E-state index contributed by atoms with van der Waals surface area (Å²) in [5, 5.41) is 12.7. The average Bonchev–Trinajstić information content (AvgIpc) is 2.73. The first-order valence-corrected chi connectivity index (χ1v) is 9.35. The first kappa shape index (κ1) is 20.6. The number of nitrogens with one attached hydrogen (secondary N) is 1. The lowest BCUT2D eigenvalue weighted by Gasteiger charge is -2.14. The molecule has 0 amide bonds. The number of halogens is 1. The van der Waals surface area contributed by atoms with E-state index in [0.717, 1.165) is 16.7 Å². The number of methoxy groups -OCH3 is 1. The van der Waals surface area contributed by atoms with Crippen molar-refractivity contribution in [3.05, 3.63) is 88.2 Å². The summed E-state index contributed by atoms with van der Waals surface area (Å²) in [4.78, 5) is 15.0. The third-order valence-electron chi connectivity index (χ3n) is 4.25. The summed E-state index contributed by atoms with van der Waals surface area (Å²) >= 11 is 6.42. The molecule has 150 valence electrons. The van der Waals surface area contributed by atoms with E-state index in [0.29, 0.717) is 36.2 Å². The standard InChI is InChI=1S/C22H21ClN2O4/c1-28-20-10-17(13-25-11-15-4-6-18(7-5-15)22(26)27)9-19(23)21(20)29-14-16-3-2-8-24-12-16/h2-10,12,25H,11,13-14H2,1H3,(H,26,27). The van der Waals surface area contributed by atoms with Crippen LogP contribution in [0.4, 0.5) is 0 Å². The van der Waals surface area contributed by atoms with Gasteiger partial charge in [0.05, 0.1) is 17.7 Å². The molecule has 0 spiro atoms. The van der Waals surface area contributed by atoms with Crippen LogP contribution in [-0.2, 0) is 19.7 Å². The van der Waals surface area contributed by atoms with Crippen molar-refractivity contribution in [1.29, 1.82) is 0 Å². The summed E-state index contributed by atoms with van der Waals surface area (Å²) in [6, 6.07) is 14.3. The highest BCUT2D eigenvalue weighted by atomic mass is 35.5. The topological polar surface area (TPSA) is 80.7 Å². The van der Waals surface area contributed by atoms with Crippen molar-refractivity contribution in [2.45, 2.75) is 19.7 Å². The Labute approximate surface area is 174 Å². The first-order valence-electron chi connectivity index (χ1n) is 8.98. The molecule has 6 nitrogen and oxygen atoms in total.